The van der Waals surface area contributed by atoms with Crippen molar-refractivity contribution >= 4 is 11.5 Å². The molecule has 3 N–H and O–H groups in total. The highest BCUT2D eigenvalue weighted by atomic mass is 16.6. The third-order valence-corrected chi connectivity index (χ3v) is 2.46. The largest absolute Gasteiger partial charge is 0.493 e. The van der Waals surface area contributed by atoms with Crippen molar-refractivity contribution in [3.05, 3.63) is 28.3 Å². The SMILES string of the molecule is COc1cc([N+](=O)[O-])ccc1OCCCCC(=N)N. The number of rotatable bonds is 8. The molecule has 0 unspecified atom stereocenters. The molecule has 0 heterocycles. The Morgan fingerprint density at radius 1 is 1.42 bits per heavy atom. The Morgan fingerprint density at radius 2 is 2.16 bits per heavy atom. The fourth-order valence-electron chi connectivity index (χ4n) is 1.49. The summed E-state index contributed by atoms with van der Waals surface area (Å²) < 4.78 is 10.5. The van der Waals surface area contributed by atoms with Crippen LogP contribution in [-0.4, -0.2) is 24.5 Å². The zero-order chi connectivity index (χ0) is 14.3. The van der Waals surface area contributed by atoms with Gasteiger partial charge in [0.2, 0.25) is 0 Å². The average Bonchev–Trinajstić information content (AvgIpc) is 2.37. The van der Waals surface area contributed by atoms with Crippen molar-refractivity contribution in [2.75, 3.05) is 13.7 Å². The molecule has 0 radical (unpaired) electrons. The van der Waals surface area contributed by atoms with Gasteiger partial charge in [-0.3, -0.25) is 15.5 Å². The lowest BCUT2D eigenvalue weighted by Gasteiger charge is -2.10. The molecule has 19 heavy (non-hydrogen) atoms. The van der Waals surface area contributed by atoms with Crippen LogP contribution in [-0.2, 0) is 0 Å². The van der Waals surface area contributed by atoms with Crippen molar-refractivity contribution in [3.8, 4) is 11.5 Å². The number of hydrogen-bond acceptors (Lipinski definition) is 5. The van der Waals surface area contributed by atoms with Crippen LogP contribution >= 0.6 is 0 Å². The maximum atomic E-state index is 10.6. The fourth-order valence-corrected chi connectivity index (χ4v) is 1.49. The fraction of sp³-hybridized carbons (Fsp3) is 0.417. The maximum Gasteiger partial charge on any atom is 0.273 e. The molecule has 104 valence electrons. The van der Waals surface area contributed by atoms with Crippen LogP contribution in [0.1, 0.15) is 19.3 Å². The zero-order valence-corrected chi connectivity index (χ0v) is 10.7. The number of nitrogens with two attached hydrogens (primary N) is 1. The van der Waals surface area contributed by atoms with Crippen molar-refractivity contribution in [1.82, 2.24) is 0 Å². The molecule has 1 rings (SSSR count). The average molecular weight is 267 g/mol. The summed E-state index contributed by atoms with van der Waals surface area (Å²) >= 11 is 0. The standard InChI is InChI=1S/C12H17N3O4/c1-18-11-8-9(15(16)17)5-6-10(11)19-7-3-2-4-12(13)14/h5-6,8H,2-4,7H2,1H3,(H3,13,14). The summed E-state index contributed by atoms with van der Waals surface area (Å²) in [5.74, 6) is 0.963. The Labute approximate surface area is 111 Å². The predicted octanol–water partition coefficient (Wildman–Crippen LogP) is 2.09. The molecule has 0 amide bonds. The van der Waals surface area contributed by atoms with Gasteiger partial charge < -0.3 is 15.2 Å². The van der Waals surface area contributed by atoms with E-state index in [0.717, 1.165) is 12.8 Å². The number of unbranched alkanes of at least 4 members (excludes halogenated alkanes) is 1. The van der Waals surface area contributed by atoms with Crippen LogP contribution in [0, 0.1) is 15.5 Å². The van der Waals surface area contributed by atoms with Crippen molar-refractivity contribution < 1.29 is 14.4 Å². The van der Waals surface area contributed by atoms with E-state index < -0.39 is 4.92 Å². The zero-order valence-electron chi connectivity index (χ0n) is 10.7. The molecule has 0 aromatic heterocycles. The van der Waals surface area contributed by atoms with E-state index in [1.165, 1.54) is 25.3 Å². The molecular formula is C12H17N3O4. The molecule has 1 aromatic carbocycles. The highest BCUT2D eigenvalue weighted by Gasteiger charge is 2.12. The predicted molar refractivity (Wildman–Crippen MR) is 70.9 cm³/mol. The molecular weight excluding hydrogens is 250 g/mol. The van der Waals surface area contributed by atoms with Gasteiger partial charge in [0, 0.05) is 12.5 Å². The molecule has 7 nitrogen and oxygen atoms in total. The molecule has 0 aliphatic carbocycles. The Hall–Kier alpha value is -2.31. The molecule has 0 spiro atoms. The second-order valence-electron chi connectivity index (χ2n) is 3.92. The summed E-state index contributed by atoms with van der Waals surface area (Å²) in [6, 6.07) is 4.21. The molecule has 0 fully saturated rings. The van der Waals surface area contributed by atoms with Gasteiger partial charge in [-0.15, -0.1) is 0 Å². The van der Waals surface area contributed by atoms with Crippen molar-refractivity contribution in [2.24, 2.45) is 5.73 Å². The van der Waals surface area contributed by atoms with Crippen LogP contribution < -0.4 is 15.2 Å². The van der Waals surface area contributed by atoms with Crippen molar-refractivity contribution in [1.29, 1.82) is 5.41 Å². The van der Waals surface area contributed by atoms with Gasteiger partial charge in [0.25, 0.3) is 5.69 Å². The first kappa shape index (κ1) is 14.7. The van der Waals surface area contributed by atoms with E-state index in [0.29, 0.717) is 24.5 Å². The molecule has 1 aromatic rings. The van der Waals surface area contributed by atoms with Crippen LogP contribution in [0.4, 0.5) is 5.69 Å². The minimum atomic E-state index is -0.487. The third-order valence-electron chi connectivity index (χ3n) is 2.46. The van der Waals surface area contributed by atoms with E-state index in [9.17, 15) is 10.1 Å². The first-order valence-electron chi connectivity index (χ1n) is 5.82. The molecule has 0 bridgehead atoms. The Kier molecular flexibility index (Phi) is 5.59. The van der Waals surface area contributed by atoms with Crippen LogP contribution in [0.25, 0.3) is 0 Å². The Bertz CT molecular complexity index is 462. The number of nitro groups is 1. The van der Waals surface area contributed by atoms with E-state index in [4.69, 9.17) is 20.6 Å². The van der Waals surface area contributed by atoms with E-state index in [1.807, 2.05) is 0 Å². The molecule has 7 heteroatoms. The van der Waals surface area contributed by atoms with Gasteiger partial charge in [-0.25, -0.2) is 0 Å². The van der Waals surface area contributed by atoms with Crippen LogP contribution in [0.5, 0.6) is 11.5 Å². The smallest absolute Gasteiger partial charge is 0.273 e. The highest BCUT2D eigenvalue weighted by Crippen LogP contribution is 2.31. The first-order chi connectivity index (χ1) is 9.04. The minimum Gasteiger partial charge on any atom is -0.493 e. The number of hydrogen-bond donors (Lipinski definition) is 2. The van der Waals surface area contributed by atoms with Gasteiger partial charge in [-0.1, -0.05) is 0 Å². The van der Waals surface area contributed by atoms with Crippen LogP contribution in [0.2, 0.25) is 0 Å². The lowest BCUT2D eigenvalue weighted by atomic mass is 10.2. The quantitative estimate of drug-likeness (QED) is 0.246. The highest BCUT2D eigenvalue weighted by molar-refractivity contribution is 5.76. The number of nitrogens with one attached hydrogen (secondary N) is 1. The van der Waals surface area contributed by atoms with E-state index in [2.05, 4.69) is 0 Å². The van der Waals surface area contributed by atoms with Gasteiger partial charge in [0.05, 0.1) is 30.5 Å². The topological polar surface area (TPSA) is 111 Å². The van der Waals surface area contributed by atoms with Gasteiger partial charge in [-0.2, -0.15) is 0 Å². The Balaban J connectivity index is 2.53. The lowest BCUT2D eigenvalue weighted by molar-refractivity contribution is -0.384. The number of amidine groups is 1. The number of methoxy groups -OCH3 is 1. The van der Waals surface area contributed by atoms with Gasteiger partial charge >= 0.3 is 0 Å². The summed E-state index contributed by atoms with van der Waals surface area (Å²) in [5, 5.41) is 17.7. The molecule has 0 saturated carbocycles. The normalized spacial score (nSPS) is 9.95. The van der Waals surface area contributed by atoms with Crippen LogP contribution in [0.15, 0.2) is 18.2 Å². The van der Waals surface area contributed by atoms with E-state index in [-0.39, 0.29) is 11.5 Å². The van der Waals surface area contributed by atoms with Gasteiger partial charge in [0.15, 0.2) is 11.5 Å². The number of non-ortho nitro benzene ring substituents is 1. The number of nitro benzene ring substituents is 1. The third kappa shape index (κ3) is 4.82. The summed E-state index contributed by atoms with van der Waals surface area (Å²) in [6.07, 6.45) is 2.06. The van der Waals surface area contributed by atoms with Gasteiger partial charge in [0.1, 0.15) is 0 Å². The summed E-state index contributed by atoms with van der Waals surface area (Å²) in [7, 11) is 1.43. The summed E-state index contributed by atoms with van der Waals surface area (Å²) in [5.41, 5.74) is 5.19. The second kappa shape index (κ2) is 7.20. The monoisotopic (exact) mass is 267 g/mol. The molecule has 0 atom stereocenters. The lowest BCUT2D eigenvalue weighted by Crippen LogP contribution is -2.09. The van der Waals surface area contributed by atoms with E-state index in [1.54, 1.807) is 0 Å². The minimum absolute atomic E-state index is 0.0409. The van der Waals surface area contributed by atoms with Gasteiger partial charge in [-0.05, 0) is 18.9 Å². The van der Waals surface area contributed by atoms with E-state index >= 15 is 0 Å². The molecule has 0 aliphatic heterocycles. The summed E-state index contributed by atoms with van der Waals surface area (Å²) in [4.78, 5) is 10.1. The Morgan fingerprint density at radius 3 is 2.74 bits per heavy atom. The first-order valence-corrected chi connectivity index (χ1v) is 5.82. The van der Waals surface area contributed by atoms with Crippen molar-refractivity contribution in [3.63, 3.8) is 0 Å². The second-order valence-corrected chi connectivity index (χ2v) is 3.92. The maximum absolute atomic E-state index is 10.6. The number of ether oxygens (including phenoxy) is 2. The number of nitrogens with zero attached hydrogens (tertiary/aromatic N) is 1. The van der Waals surface area contributed by atoms with Crippen molar-refractivity contribution in [2.45, 2.75) is 19.3 Å². The molecule has 0 aliphatic rings. The summed E-state index contributed by atoms with van der Waals surface area (Å²) in [6.45, 7) is 0.446. The van der Waals surface area contributed by atoms with Crippen LogP contribution in [0.3, 0.4) is 0 Å². The number of benzene rings is 1. The molecule has 0 saturated heterocycles.